The molecule has 0 atom stereocenters. The van der Waals surface area contributed by atoms with Crippen molar-refractivity contribution in [2.75, 3.05) is 11.9 Å². The Labute approximate surface area is 212 Å². The van der Waals surface area contributed by atoms with E-state index >= 15 is 0 Å². The van der Waals surface area contributed by atoms with Crippen LogP contribution >= 0.6 is 23.4 Å². The molecule has 0 aromatic heterocycles. The number of hydrogen-bond donors (Lipinski definition) is 1. The van der Waals surface area contributed by atoms with Gasteiger partial charge in [0.2, 0.25) is 0 Å². The molecule has 1 saturated heterocycles. The molecule has 0 saturated carbocycles. The number of thioether (sulfide) groups is 1. The van der Waals surface area contributed by atoms with E-state index in [0.717, 1.165) is 34.1 Å². The summed E-state index contributed by atoms with van der Waals surface area (Å²) >= 11 is 7.06. The molecule has 3 amide bonds. The number of amides is 3. The zero-order valence-corrected chi connectivity index (χ0v) is 20.8. The van der Waals surface area contributed by atoms with Crippen molar-refractivity contribution in [2.24, 2.45) is 0 Å². The fraction of sp³-hybridized carbons (Fsp3) is 0.148. The molecule has 0 aliphatic carbocycles. The van der Waals surface area contributed by atoms with Crippen LogP contribution in [0.1, 0.15) is 22.3 Å². The topological polar surface area (TPSA) is 75.7 Å². The number of carbonyl (C=O) groups is 3. The molecule has 178 valence electrons. The second-order valence-corrected chi connectivity index (χ2v) is 9.48. The molecule has 35 heavy (non-hydrogen) atoms. The number of anilines is 1. The molecule has 0 unspecified atom stereocenters. The Morgan fingerprint density at radius 1 is 1.06 bits per heavy atom. The number of ether oxygens (including phenoxy) is 1. The Balaban J connectivity index is 1.35. The molecule has 1 fully saturated rings. The molecule has 3 aromatic carbocycles. The molecular weight excluding hydrogens is 484 g/mol. The van der Waals surface area contributed by atoms with Gasteiger partial charge >= 0.3 is 0 Å². The van der Waals surface area contributed by atoms with Crippen molar-refractivity contribution in [3.05, 3.63) is 98.9 Å². The first kappa shape index (κ1) is 24.6. The quantitative estimate of drug-likeness (QED) is 0.385. The zero-order valence-electron chi connectivity index (χ0n) is 19.2. The Kier molecular flexibility index (Phi) is 7.58. The summed E-state index contributed by atoms with van der Waals surface area (Å²) in [5, 5.41) is 3.01. The van der Waals surface area contributed by atoms with E-state index in [9.17, 15) is 14.4 Å². The van der Waals surface area contributed by atoms with Crippen LogP contribution < -0.4 is 10.1 Å². The van der Waals surface area contributed by atoms with Gasteiger partial charge in [-0.3, -0.25) is 19.3 Å². The lowest BCUT2D eigenvalue weighted by Crippen LogP contribution is -2.27. The maximum Gasteiger partial charge on any atom is 0.293 e. The number of carbonyl (C=O) groups excluding carboxylic acids is 3. The second kappa shape index (κ2) is 10.8. The van der Waals surface area contributed by atoms with Gasteiger partial charge in [0.25, 0.3) is 17.1 Å². The van der Waals surface area contributed by atoms with E-state index in [1.54, 1.807) is 48.5 Å². The number of halogens is 1. The predicted molar refractivity (Wildman–Crippen MR) is 139 cm³/mol. The highest BCUT2D eigenvalue weighted by atomic mass is 35.5. The van der Waals surface area contributed by atoms with E-state index in [1.165, 1.54) is 4.90 Å². The number of hydrogen-bond acceptors (Lipinski definition) is 5. The van der Waals surface area contributed by atoms with E-state index in [-0.39, 0.29) is 30.2 Å². The molecule has 8 heteroatoms. The number of benzene rings is 3. The Morgan fingerprint density at radius 3 is 2.51 bits per heavy atom. The molecule has 3 aromatic rings. The molecule has 1 aliphatic rings. The smallest absolute Gasteiger partial charge is 0.293 e. The second-order valence-electron chi connectivity index (χ2n) is 8.08. The van der Waals surface area contributed by atoms with Gasteiger partial charge in [-0.1, -0.05) is 59.6 Å². The van der Waals surface area contributed by atoms with Gasteiger partial charge in [0.05, 0.1) is 11.4 Å². The van der Waals surface area contributed by atoms with Crippen molar-refractivity contribution in [3.8, 4) is 5.75 Å². The third-order valence-electron chi connectivity index (χ3n) is 5.36. The van der Waals surface area contributed by atoms with Gasteiger partial charge < -0.3 is 10.1 Å². The van der Waals surface area contributed by atoms with E-state index < -0.39 is 0 Å². The molecule has 6 nitrogen and oxygen atoms in total. The van der Waals surface area contributed by atoms with Crippen LogP contribution in [0, 0.1) is 13.8 Å². The first-order valence-corrected chi connectivity index (χ1v) is 12.1. The lowest BCUT2D eigenvalue weighted by Gasteiger charge is -2.13. The first-order valence-electron chi connectivity index (χ1n) is 10.9. The lowest BCUT2D eigenvalue weighted by molar-refractivity contribution is -0.123. The largest absolute Gasteiger partial charge is 0.484 e. The summed E-state index contributed by atoms with van der Waals surface area (Å²) in [6.45, 7) is 3.93. The average molecular weight is 507 g/mol. The van der Waals surface area contributed by atoms with E-state index in [4.69, 9.17) is 16.3 Å². The molecular formula is C27H23ClN2O4S. The van der Waals surface area contributed by atoms with Crippen LogP contribution in [0.3, 0.4) is 0 Å². The van der Waals surface area contributed by atoms with Gasteiger partial charge in [-0.2, -0.15) is 0 Å². The number of aryl methyl sites for hydroxylation is 2. The number of imide groups is 1. The Morgan fingerprint density at radius 2 is 1.80 bits per heavy atom. The average Bonchev–Trinajstić information content (AvgIpc) is 3.09. The molecule has 0 bridgehead atoms. The first-order chi connectivity index (χ1) is 16.8. The minimum absolute atomic E-state index is 0.124. The van der Waals surface area contributed by atoms with Crippen molar-refractivity contribution in [1.29, 1.82) is 0 Å². The molecule has 1 N–H and O–H groups in total. The van der Waals surface area contributed by atoms with Crippen LogP contribution in [0.2, 0.25) is 5.02 Å². The van der Waals surface area contributed by atoms with E-state index in [2.05, 4.69) is 5.32 Å². The van der Waals surface area contributed by atoms with Crippen LogP contribution in [-0.2, 0) is 16.1 Å². The van der Waals surface area contributed by atoms with Crippen LogP contribution in [0.25, 0.3) is 6.08 Å². The van der Waals surface area contributed by atoms with Crippen LogP contribution in [0.5, 0.6) is 5.75 Å². The monoisotopic (exact) mass is 506 g/mol. The third kappa shape index (κ3) is 6.12. The highest BCUT2D eigenvalue weighted by molar-refractivity contribution is 8.18. The molecule has 4 rings (SSSR count). The normalized spacial score (nSPS) is 14.5. The summed E-state index contributed by atoms with van der Waals surface area (Å²) in [6.07, 6.45) is 1.66. The molecule has 0 radical (unpaired) electrons. The van der Waals surface area contributed by atoms with Crippen LogP contribution in [0.4, 0.5) is 10.5 Å². The van der Waals surface area contributed by atoms with Crippen molar-refractivity contribution in [2.45, 2.75) is 20.4 Å². The van der Waals surface area contributed by atoms with Crippen LogP contribution in [0.15, 0.2) is 71.6 Å². The molecule has 1 aliphatic heterocycles. The van der Waals surface area contributed by atoms with Crippen molar-refractivity contribution >= 4 is 52.2 Å². The van der Waals surface area contributed by atoms with Gasteiger partial charge in [0.1, 0.15) is 5.75 Å². The molecule has 1 heterocycles. The maximum atomic E-state index is 12.8. The summed E-state index contributed by atoms with van der Waals surface area (Å²) in [5.41, 5.74) is 4.31. The minimum atomic E-state index is -0.358. The van der Waals surface area contributed by atoms with Crippen molar-refractivity contribution < 1.29 is 19.1 Å². The summed E-state index contributed by atoms with van der Waals surface area (Å²) in [4.78, 5) is 38.9. The number of nitrogens with zero attached hydrogens (tertiary/aromatic N) is 1. The van der Waals surface area contributed by atoms with Crippen LogP contribution in [-0.4, -0.2) is 28.6 Å². The SMILES string of the molecule is Cc1ccc(NC(=O)COc2ccc(/C=C3\SC(=O)N(Cc4ccccc4Cl)C3=O)cc2)c(C)c1. The van der Waals surface area contributed by atoms with Gasteiger partial charge in [-0.15, -0.1) is 0 Å². The summed E-state index contributed by atoms with van der Waals surface area (Å²) in [5.74, 6) is -0.0960. The summed E-state index contributed by atoms with van der Waals surface area (Å²) in [6, 6.07) is 19.9. The molecule has 0 spiro atoms. The van der Waals surface area contributed by atoms with E-state index in [1.807, 2.05) is 38.1 Å². The van der Waals surface area contributed by atoms with Gasteiger partial charge in [-0.25, -0.2) is 0 Å². The number of nitrogens with one attached hydrogen (secondary N) is 1. The Hall–Kier alpha value is -3.55. The fourth-order valence-electron chi connectivity index (χ4n) is 3.53. The van der Waals surface area contributed by atoms with E-state index in [0.29, 0.717) is 21.2 Å². The zero-order chi connectivity index (χ0) is 24.9. The number of rotatable bonds is 7. The fourth-order valence-corrected chi connectivity index (χ4v) is 4.57. The maximum absolute atomic E-state index is 12.8. The van der Waals surface area contributed by atoms with Gasteiger partial charge in [-0.05, 0) is 72.6 Å². The van der Waals surface area contributed by atoms with Gasteiger partial charge in [0.15, 0.2) is 6.61 Å². The Bertz CT molecular complexity index is 1320. The highest BCUT2D eigenvalue weighted by Crippen LogP contribution is 2.34. The third-order valence-corrected chi connectivity index (χ3v) is 6.64. The summed E-state index contributed by atoms with van der Waals surface area (Å²) < 4.78 is 5.58. The predicted octanol–water partition coefficient (Wildman–Crippen LogP) is 6.21. The highest BCUT2D eigenvalue weighted by Gasteiger charge is 2.35. The standard InChI is InChI=1S/C27H23ClN2O4S/c1-17-7-12-23(18(2)13-17)29-25(31)16-34-21-10-8-19(9-11-21)14-24-26(32)30(27(33)35-24)15-20-5-3-4-6-22(20)28/h3-14H,15-16H2,1-2H3,(H,29,31)/b24-14-. The minimum Gasteiger partial charge on any atom is -0.484 e. The van der Waals surface area contributed by atoms with Crippen molar-refractivity contribution in [1.82, 2.24) is 4.90 Å². The van der Waals surface area contributed by atoms with Crippen molar-refractivity contribution in [3.63, 3.8) is 0 Å². The summed E-state index contributed by atoms with van der Waals surface area (Å²) in [7, 11) is 0. The lowest BCUT2D eigenvalue weighted by atomic mass is 10.1. The van der Waals surface area contributed by atoms with Gasteiger partial charge in [0, 0.05) is 10.7 Å².